The predicted molar refractivity (Wildman–Crippen MR) is 242 cm³/mol. The Kier molecular flexibility index (Phi) is 12.8. The highest BCUT2D eigenvalue weighted by Gasteiger charge is 2.42. The topological polar surface area (TPSA) is 180 Å². The molecule has 18 heteroatoms. The third-order valence-electron chi connectivity index (χ3n) is 14.0. The molecule has 9 rings (SSSR count). The maximum absolute atomic E-state index is 16.0. The van der Waals surface area contributed by atoms with Gasteiger partial charge in [0.05, 0.1) is 30.5 Å². The van der Waals surface area contributed by atoms with E-state index in [2.05, 4.69) is 30.7 Å². The van der Waals surface area contributed by atoms with Gasteiger partial charge in [-0.15, -0.1) is 0 Å². The number of pyridine rings is 1. The van der Waals surface area contributed by atoms with Gasteiger partial charge >= 0.3 is 0 Å². The fraction of sp³-hybridized carbons (Fsp3) is 0.511. The van der Waals surface area contributed by atoms with Crippen LogP contribution in [0.1, 0.15) is 105 Å². The number of imide groups is 1. The number of likely N-dealkylation sites (tertiary alicyclic amines) is 1. The second kappa shape index (κ2) is 18.7. The normalized spacial score (nSPS) is 22.4. The van der Waals surface area contributed by atoms with Crippen LogP contribution in [0.4, 0.5) is 21.8 Å². The Hall–Kier alpha value is -5.65. The molecular formula is C47H55ClFN9O7. The number of ether oxygens (including phenoxy) is 2. The van der Waals surface area contributed by atoms with Crippen molar-refractivity contribution in [1.82, 2.24) is 35.0 Å². The monoisotopic (exact) mass is 911 g/mol. The Balaban J connectivity index is 0.750. The van der Waals surface area contributed by atoms with Gasteiger partial charge in [0, 0.05) is 60.8 Å². The first-order chi connectivity index (χ1) is 31.4. The zero-order chi connectivity index (χ0) is 45.5. The van der Waals surface area contributed by atoms with Crippen LogP contribution in [0.3, 0.4) is 0 Å². The van der Waals surface area contributed by atoms with Gasteiger partial charge in [-0.25, -0.2) is 9.37 Å². The molecule has 1 aliphatic carbocycles. The first-order valence-electron chi connectivity index (χ1n) is 22.8. The van der Waals surface area contributed by atoms with Gasteiger partial charge in [-0.1, -0.05) is 24.6 Å². The highest BCUT2D eigenvalue weighted by Crippen LogP contribution is 2.39. The number of hydrogen-bond acceptors (Lipinski definition) is 12. The lowest BCUT2D eigenvalue weighted by Crippen LogP contribution is -2.52. The summed E-state index contributed by atoms with van der Waals surface area (Å²) < 4.78 is 30.0. The number of piperidine rings is 3. The third kappa shape index (κ3) is 9.02. The molecule has 65 heavy (non-hydrogen) atoms. The molecule has 16 nitrogen and oxygen atoms in total. The van der Waals surface area contributed by atoms with Gasteiger partial charge in [-0.05, 0) is 113 Å². The number of likely N-dealkylation sites (N-methyl/N-ethyl adjacent to an activating group) is 1. The third-order valence-corrected chi connectivity index (χ3v) is 14.3. The summed E-state index contributed by atoms with van der Waals surface area (Å²) in [6.45, 7) is 6.96. The Morgan fingerprint density at radius 3 is 2.49 bits per heavy atom. The second-order valence-corrected chi connectivity index (χ2v) is 18.4. The highest BCUT2D eigenvalue weighted by molar-refractivity contribution is 6.33. The maximum atomic E-state index is 16.0. The van der Waals surface area contributed by atoms with E-state index < -0.39 is 11.9 Å². The Morgan fingerprint density at radius 1 is 1.00 bits per heavy atom. The van der Waals surface area contributed by atoms with E-state index in [0.717, 1.165) is 82.0 Å². The van der Waals surface area contributed by atoms with Gasteiger partial charge in [0.15, 0.2) is 18.2 Å². The van der Waals surface area contributed by atoms with E-state index in [1.807, 2.05) is 32.0 Å². The van der Waals surface area contributed by atoms with E-state index in [0.29, 0.717) is 45.2 Å². The van der Waals surface area contributed by atoms with E-state index in [-0.39, 0.29) is 85.0 Å². The molecule has 2 atom stereocenters. The number of carbonyl (C=O) groups is 4. The molecule has 3 N–H and O–H groups in total. The van der Waals surface area contributed by atoms with Crippen LogP contribution in [0.25, 0.3) is 10.9 Å². The predicted octanol–water partition coefficient (Wildman–Crippen LogP) is 5.58. The van der Waals surface area contributed by atoms with Gasteiger partial charge in [-0.2, -0.15) is 4.98 Å². The molecule has 5 aliphatic rings. The van der Waals surface area contributed by atoms with Crippen molar-refractivity contribution in [3.63, 3.8) is 0 Å². The first-order valence-corrected chi connectivity index (χ1v) is 23.2. The minimum atomic E-state index is -0.769. The number of fused-ring (bicyclic) bond motifs is 2. The summed E-state index contributed by atoms with van der Waals surface area (Å²) in [6, 6.07) is 10.4. The molecule has 0 radical (unpaired) electrons. The van der Waals surface area contributed by atoms with Gasteiger partial charge in [0.2, 0.25) is 17.8 Å². The van der Waals surface area contributed by atoms with Gasteiger partial charge in [-0.3, -0.25) is 29.3 Å². The number of rotatable bonds is 13. The van der Waals surface area contributed by atoms with Crippen molar-refractivity contribution in [2.75, 3.05) is 50.1 Å². The van der Waals surface area contributed by atoms with Crippen molar-refractivity contribution in [3.8, 4) is 5.75 Å². The van der Waals surface area contributed by atoms with E-state index in [4.69, 9.17) is 26.1 Å². The fourth-order valence-electron chi connectivity index (χ4n) is 10.00. The van der Waals surface area contributed by atoms with Crippen molar-refractivity contribution < 1.29 is 33.0 Å². The number of nitrogens with one attached hydrogen (secondary N) is 3. The Morgan fingerprint density at radius 2 is 1.77 bits per heavy atom. The van der Waals surface area contributed by atoms with Gasteiger partial charge < -0.3 is 39.4 Å². The molecule has 6 heterocycles. The van der Waals surface area contributed by atoms with Crippen molar-refractivity contribution in [2.24, 2.45) is 0 Å². The molecule has 2 aromatic heterocycles. The summed E-state index contributed by atoms with van der Waals surface area (Å²) in [5, 5.41) is 9.27. The lowest BCUT2D eigenvalue weighted by molar-refractivity contribution is -0.137. The molecule has 2 aromatic carbocycles. The number of hydrogen-bond donors (Lipinski definition) is 3. The SMILES string of the molecule is CCC(C)n1c(=O)c(OCC(=O)NC)cc2cc(Nc3nc(N4CCC(OC5CC(N6CCC(c7ccc8c(c7F)CN([C@@H]7CCC(=O)NC7=O)C8=O)CC6)C5)CC4)ncc3Cl)ccc21. The number of anilines is 3. The number of aromatic nitrogens is 3. The molecular weight excluding hydrogens is 857 g/mol. The highest BCUT2D eigenvalue weighted by atomic mass is 35.5. The molecule has 1 unspecified atom stereocenters. The van der Waals surface area contributed by atoms with Crippen LogP contribution in [0.2, 0.25) is 5.02 Å². The summed E-state index contributed by atoms with van der Waals surface area (Å²) >= 11 is 6.61. The number of halogens is 2. The molecule has 3 saturated heterocycles. The maximum Gasteiger partial charge on any atom is 0.293 e. The van der Waals surface area contributed by atoms with Gasteiger partial charge in [0.1, 0.15) is 16.9 Å². The van der Waals surface area contributed by atoms with E-state index in [9.17, 15) is 24.0 Å². The van der Waals surface area contributed by atoms with E-state index >= 15 is 4.39 Å². The fourth-order valence-corrected chi connectivity index (χ4v) is 10.1. The molecule has 4 amide bonds. The number of amides is 4. The smallest absolute Gasteiger partial charge is 0.293 e. The number of benzene rings is 2. The number of nitrogens with zero attached hydrogens (tertiary/aromatic N) is 6. The van der Waals surface area contributed by atoms with Crippen molar-refractivity contribution in [1.29, 1.82) is 0 Å². The quantitative estimate of drug-likeness (QED) is 0.142. The summed E-state index contributed by atoms with van der Waals surface area (Å²) in [4.78, 5) is 78.0. The van der Waals surface area contributed by atoms with Crippen LogP contribution < -0.4 is 31.1 Å². The Bertz CT molecular complexity index is 2570. The second-order valence-electron chi connectivity index (χ2n) is 17.9. The molecule has 0 spiro atoms. The largest absolute Gasteiger partial charge is 0.478 e. The summed E-state index contributed by atoms with van der Waals surface area (Å²) in [5.41, 5.74) is 2.45. The zero-order valence-corrected chi connectivity index (χ0v) is 37.7. The van der Waals surface area contributed by atoms with Crippen LogP contribution in [0, 0.1) is 5.82 Å². The summed E-state index contributed by atoms with van der Waals surface area (Å²) in [6.07, 6.45) is 8.36. The lowest BCUT2D eigenvalue weighted by Gasteiger charge is -2.47. The van der Waals surface area contributed by atoms with Gasteiger partial charge in [0.25, 0.3) is 17.4 Å². The zero-order valence-electron chi connectivity index (χ0n) is 36.9. The average molecular weight is 912 g/mol. The summed E-state index contributed by atoms with van der Waals surface area (Å²) in [7, 11) is 1.51. The van der Waals surface area contributed by atoms with E-state index in [1.165, 1.54) is 11.9 Å². The molecule has 4 aromatic rings. The van der Waals surface area contributed by atoms with Crippen LogP contribution in [-0.2, 0) is 25.7 Å². The summed E-state index contributed by atoms with van der Waals surface area (Å²) in [5.74, 6) is -0.712. The van der Waals surface area contributed by atoms with Crippen LogP contribution in [-0.4, -0.2) is 112 Å². The molecule has 0 bridgehead atoms. The average Bonchev–Trinajstić information content (AvgIpc) is 3.63. The van der Waals surface area contributed by atoms with Crippen LogP contribution in [0.5, 0.6) is 5.75 Å². The van der Waals surface area contributed by atoms with E-state index in [1.54, 1.807) is 29.0 Å². The molecule has 4 fully saturated rings. The standard InChI is InChI=1S/C47H55ClFN9O7/c1-4-26(2)58-37-8-5-29(19-28(37)20-39(46(58)63)64-25-41(60)50-3)52-43-36(48)23-51-47(54-43)56-17-13-31(14-18-56)65-32-21-30(22-32)55-15-11-27(12-16-55)33-6-7-34-35(42(33)49)24-57(45(34)62)38-9-10-40(59)53-44(38)61/h5-8,19-20,23,26-27,30-32,38H,4,9-18,21-22,24-25H2,1-3H3,(H,50,60)(H,51,52,54)(H,53,59,61)/t26?,30?,32?,38-/m1/s1. The first kappa shape index (κ1) is 44.5. The molecule has 1 saturated carbocycles. The minimum absolute atomic E-state index is 0.0380. The van der Waals surface area contributed by atoms with Crippen LogP contribution in [0.15, 0.2) is 47.4 Å². The molecule has 4 aliphatic heterocycles. The van der Waals surface area contributed by atoms with Crippen molar-refractivity contribution in [3.05, 3.63) is 80.5 Å². The number of carbonyl (C=O) groups excluding carboxylic acids is 4. The lowest BCUT2D eigenvalue weighted by atomic mass is 9.83. The van der Waals surface area contributed by atoms with Crippen LogP contribution >= 0.6 is 11.6 Å². The van der Waals surface area contributed by atoms with Crippen molar-refractivity contribution >= 4 is 63.6 Å². The van der Waals surface area contributed by atoms with Crippen molar-refractivity contribution in [2.45, 2.75) is 114 Å². The Labute approximate surface area is 381 Å². The minimum Gasteiger partial charge on any atom is -0.478 e. The molecule has 344 valence electrons.